The molecule has 1 aliphatic rings. The zero-order valence-corrected chi connectivity index (χ0v) is 10.3. The smallest absolute Gasteiger partial charge is 0.234 e. The zero-order valence-electron chi connectivity index (χ0n) is 10.3. The van der Waals surface area contributed by atoms with Gasteiger partial charge in [-0.1, -0.05) is 0 Å². The van der Waals surface area contributed by atoms with Crippen LogP contribution in [0.25, 0.3) is 0 Å². The number of likely N-dealkylation sites (N-methyl/N-ethyl adjacent to an activating group) is 1. The van der Waals surface area contributed by atoms with Gasteiger partial charge < -0.3 is 10.2 Å². The normalized spacial score (nSPS) is 24.5. The Balaban J connectivity index is 2.30. The minimum absolute atomic E-state index is 0.141. The van der Waals surface area contributed by atoms with Crippen molar-refractivity contribution >= 4 is 5.91 Å². The number of carbonyl (C=O) groups is 1. The average molecular weight is 213 g/mol. The van der Waals surface area contributed by atoms with E-state index in [1.54, 1.807) is 0 Å². The number of piperazine rings is 1. The molecule has 1 atom stereocenters. The van der Waals surface area contributed by atoms with Gasteiger partial charge in [0.2, 0.25) is 5.91 Å². The minimum atomic E-state index is 0.141. The molecule has 1 aliphatic heterocycles. The maximum absolute atomic E-state index is 11.5. The summed E-state index contributed by atoms with van der Waals surface area (Å²) in [4.78, 5) is 16.1. The van der Waals surface area contributed by atoms with Crippen LogP contribution in [0.3, 0.4) is 0 Å². The number of nitrogens with one attached hydrogen (secondary N) is 1. The third-order valence-electron chi connectivity index (χ3n) is 2.86. The molecule has 1 N–H and O–H groups in total. The standard InChI is InChI=1S/C11H23N3O/c1-9(2)12-11(15)8-14-6-5-13(4)10(3)7-14/h9-10H,5-8H2,1-4H3,(H,12,15). The van der Waals surface area contributed by atoms with Crippen LogP contribution in [0.1, 0.15) is 20.8 Å². The molecule has 1 unspecified atom stereocenters. The molecular weight excluding hydrogens is 190 g/mol. The molecule has 15 heavy (non-hydrogen) atoms. The highest BCUT2D eigenvalue weighted by Crippen LogP contribution is 2.05. The van der Waals surface area contributed by atoms with Crippen molar-refractivity contribution in [3.05, 3.63) is 0 Å². The van der Waals surface area contributed by atoms with Gasteiger partial charge in [-0.25, -0.2) is 0 Å². The van der Waals surface area contributed by atoms with E-state index < -0.39 is 0 Å². The maximum Gasteiger partial charge on any atom is 0.234 e. The molecule has 4 nitrogen and oxygen atoms in total. The second-order valence-corrected chi connectivity index (χ2v) is 4.79. The second kappa shape index (κ2) is 5.47. The summed E-state index contributed by atoms with van der Waals surface area (Å²) >= 11 is 0. The van der Waals surface area contributed by atoms with Crippen molar-refractivity contribution in [2.24, 2.45) is 0 Å². The highest BCUT2D eigenvalue weighted by molar-refractivity contribution is 5.78. The Morgan fingerprint density at radius 1 is 1.47 bits per heavy atom. The largest absolute Gasteiger partial charge is 0.353 e. The molecule has 1 heterocycles. The summed E-state index contributed by atoms with van der Waals surface area (Å²) in [6, 6.07) is 0.785. The number of carbonyl (C=O) groups excluding carboxylic acids is 1. The molecule has 1 rings (SSSR count). The lowest BCUT2D eigenvalue weighted by Gasteiger charge is -2.37. The first-order valence-electron chi connectivity index (χ1n) is 5.71. The van der Waals surface area contributed by atoms with Crippen molar-refractivity contribution < 1.29 is 4.79 Å². The number of nitrogens with zero attached hydrogens (tertiary/aromatic N) is 2. The first-order valence-corrected chi connectivity index (χ1v) is 5.71. The van der Waals surface area contributed by atoms with Gasteiger partial charge in [0.1, 0.15) is 0 Å². The summed E-state index contributed by atoms with van der Waals surface area (Å²) in [6.45, 7) is 9.75. The van der Waals surface area contributed by atoms with Crippen LogP contribution >= 0.6 is 0 Å². The summed E-state index contributed by atoms with van der Waals surface area (Å²) in [5.74, 6) is 0.141. The Bertz CT molecular complexity index is 218. The topological polar surface area (TPSA) is 35.6 Å². The van der Waals surface area contributed by atoms with Crippen LogP contribution in [0.5, 0.6) is 0 Å². The van der Waals surface area contributed by atoms with E-state index in [1.807, 2.05) is 13.8 Å². The molecule has 0 aromatic rings. The highest BCUT2D eigenvalue weighted by Gasteiger charge is 2.21. The summed E-state index contributed by atoms with van der Waals surface area (Å²) in [6.07, 6.45) is 0. The van der Waals surface area contributed by atoms with E-state index in [-0.39, 0.29) is 11.9 Å². The molecular formula is C11H23N3O. The van der Waals surface area contributed by atoms with Crippen LogP contribution in [-0.2, 0) is 4.79 Å². The van der Waals surface area contributed by atoms with Crippen molar-refractivity contribution in [2.45, 2.75) is 32.9 Å². The molecule has 1 amide bonds. The average Bonchev–Trinajstić information content (AvgIpc) is 2.10. The monoisotopic (exact) mass is 213 g/mol. The van der Waals surface area contributed by atoms with E-state index in [1.165, 1.54) is 0 Å². The first-order chi connectivity index (χ1) is 6.99. The van der Waals surface area contributed by atoms with E-state index in [0.29, 0.717) is 12.6 Å². The maximum atomic E-state index is 11.5. The van der Waals surface area contributed by atoms with Crippen LogP contribution in [0.15, 0.2) is 0 Å². The van der Waals surface area contributed by atoms with Gasteiger partial charge in [-0.3, -0.25) is 9.69 Å². The van der Waals surface area contributed by atoms with Gasteiger partial charge in [0, 0.05) is 31.7 Å². The third kappa shape index (κ3) is 4.18. The van der Waals surface area contributed by atoms with Gasteiger partial charge in [-0.2, -0.15) is 0 Å². The predicted molar refractivity (Wildman–Crippen MR) is 61.8 cm³/mol. The lowest BCUT2D eigenvalue weighted by Crippen LogP contribution is -2.52. The first kappa shape index (κ1) is 12.5. The van der Waals surface area contributed by atoms with E-state index in [4.69, 9.17) is 0 Å². The van der Waals surface area contributed by atoms with Crippen LogP contribution in [0.4, 0.5) is 0 Å². The molecule has 0 spiro atoms. The van der Waals surface area contributed by atoms with Crippen LogP contribution in [-0.4, -0.2) is 61.0 Å². The Kier molecular flexibility index (Phi) is 4.54. The number of amides is 1. The fraction of sp³-hybridized carbons (Fsp3) is 0.909. The van der Waals surface area contributed by atoms with Crippen molar-refractivity contribution in [1.29, 1.82) is 0 Å². The molecule has 0 aliphatic carbocycles. The molecule has 0 radical (unpaired) electrons. The van der Waals surface area contributed by atoms with E-state index in [0.717, 1.165) is 19.6 Å². The summed E-state index contributed by atoms with van der Waals surface area (Å²) < 4.78 is 0. The number of hydrogen-bond acceptors (Lipinski definition) is 3. The highest BCUT2D eigenvalue weighted by atomic mass is 16.2. The van der Waals surface area contributed by atoms with Crippen molar-refractivity contribution in [2.75, 3.05) is 33.2 Å². The Labute approximate surface area is 92.6 Å². The quantitative estimate of drug-likeness (QED) is 0.725. The van der Waals surface area contributed by atoms with Crippen molar-refractivity contribution in [1.82, 2.24) is 15.1 Å². The molecule has 1 fully saturated rings. The lowest BCUT2D eigenvalue weighted by atomic mass is 10.2. The van der Waals surface area contributed by atoms with Crippen molar-refractivity contribution in [3.8, 4) is 0 Å². The summed E-state index contributed by atoms with van der Waals surface area (Å²) in [5, 5.41) is 2.92. The van der Waals surface area contributed by atoms with Crippen LogP contribution in [0.2, 0.25) is 0 Å². The lowest BCUT2D eigenvalue weighted by molar-refractivity contribution is -0.123. The molecule has 1 saturated heterocycles. The van der Waals surface area contributed by atoms with E-state index in [2.05, 4.69) is 29.1 Å². The zero-order chi connectivity index (χ0) is 11.4. The summed E-state index contributed by atoms with van der Waals surface area (Å²) in [5.41, 5.74) is 0. The molecule has 4 heteroatoms. The van der Waals surface area contributed by atoms with Crippen molar-refractivity contribution in [3.63, 3.8) is 0 Å². The predicted octanol–water partition coefficient (Wildman–Crippen LogP) is 0.147. The third-order valence-corrected chi connectivity index (χ3v) is 2.86. The van der Waals surface area contributed by atoms with E-state index in [9.17, 15) is 4.79 Å². The molecule has 0 aromatic heterocycles. The molecule has 0 aromatic carbocycles. The van der Waals surface area contributed by atoms with E-state index >= 15 is 0 Å². The van der Waals surface area contributed by atoms with Gasteiger partial charge in [-0.05, 0) is 27.8 Å². The summed E-state index contributed by atoms with van der Waals surface area (Å²) in [7, 11) is 2.14. The van der Waals surface area contributed by atoms with Gasteiger partial charge in [0.05, 0.1) is 6.54 Å². The Hall–Kier alpha value is -0.610. The van der Waals surface area contributed by atoms with Crippen LogP contribution < -0.4 is 5.32 Å². The fourth-order valence-electron chi connectivity index (χ4n) is 1.84. The Morgan fingerprint density at radius 2 is 2.13 bits per heavy atom. The SMILES string of the molecule is CC(C)NC(=O)CN1CCN(C)C(C)C1. The van der Waals surface area contributed by atoms with Gasteiger partial charge in [0.25, 0.3) is 0 Å². The minimum Gasteiger partial charge on any atom is -0.353 e. The van der Waals surface area contributed by atoms with Gasteiger partial charge >= 0.3 is 0 Å². The fourth-order valence-corrected chi connectivity index (χ4v) is 1.84. The molecule has 0 bridgehead atoms. The second-order valence-electron chi connectivity index (χ2n) is 4.79. The van der Waals surface area contributed by atoms with Gasteiger partial charge in [-0.15, -0.1) is 0 Å². The number of rotatable bonds is 3. The van der Waals surface area contributed by atoms with Crippen LogP contribution in [0, 0.1) is 0 Å². The number of hydrogen-bond donors (Lipinski definition) is 1. The molecule has 88 valence electrons. The molecule has 0 saturated carbocycles. The van der Waals surface area contributed by atoms with Gasteiger partial charge in [0.15, 0.2) is 0 Å². The Morgan fingerprint density at radius 3 is 2.67 bits per heavy atom.